The minimum atomic E-state index is -3.01. The summed E-state index contributed by atoms with van der Waals surface area (Å²) in [7, 11) is 12.6. The number of H-pyrrole nitrogens is 1. The fourth-order valence-electron chi connectivity index (χ4n) is 5.37. The first-order chi connectivity index (χ1) is 14.8. The van der Waals surface area contributed by atoms with Crippen LogP contribution >= 0.6 is 0 Å². The second kappa shape index (κ2) is 7.63. The molecule has 2 saturated carbocycles. The van der Waals surface area contributed by atoms with Crippen LogP contribution < -0.4 is 11.2 Å². The van der Waals surface area contributed by atoms with E-state index in [0.717, 1.165) is 6.07 Å². The Morgan fingerprint density at radius 1 is 1.16 bits per heavy atom. The Morgan fingerprint density at radius 3 is 2.50 bits per heavy atom. The highest BCUT2D eigenvalue weighted by atomic mass is 19.3. The molecule has 5 nitrogen and oxygen atoms in total. The maximum atomic E-state index is 14.5. The predicted molar refractivity (Wildman–Crippen MR) is 113 cm³/mol. The van der Waals surface area contributed by atoms with Gasteiger partial charge in [-0.2, -0.15) is 0 Å². The number of hydrogen-bond acceptors (Lipinski definition) is 3. The van der Waals surface area contributed by atoms with Gasteiger partial charge in [-0.05, 0) is 24.8 Å². The number of nitrogens with one attached hydrogen (secondary N) is 1. The fourth-order valence-corrected chi connectivity index (χ4v) is 5.37. The van der Waals surface area contributed by atoms with E-state index in [1.54, 1.807) is 0 Å². The molecular weight excluding hydrogens is 424 g/mol. The third-order valence-electron chi connectivity index (χ3n) is 7.04. The standard InChI is InChI=1S/C21H21B2F4N3O2/c22-15-9-20(26,27)4-5-21(15,23)11-1-3-19(24,25)8-10(11)13-7-14(31)16-12(30-13)2-6-29-17(16)18(28)32/h2,6-7,10-11,15H,1,3-5,8-9H2,(H2,28,32)(H,30,31)/t10-,11-,15?,21?/m1/s1. The summed E-state index contributed by atoms with van der Waals surface area (Å²) in [5.41, 5.74) is 4.88. The van der Waals surface area contributed by atoms with Gasteiger partial charge in [-0.15, -0.1) is 0 Å². The summed E-state index contributed by atoms with van der Waals surface area (Å²) in [5.74, 6) is -9.49. The monoisotopic (exact) mass is 445 g/mol. The van der Waals surface area contributed by atoms with E-state index in [2.05, 4.69) is 9.97 Å². The van der Waals surface area contributed by atoms with E-state index in [-0.39, 0.29) is 35.1 Å². The zero-order valence-corrected chi connectivity index (χ0v) is 17.2. The maximum Gasteiger partial charge on any atom is 0.268 e. The summed E-state index contributed by atoms with van der Waals surface area (Å²) in [6.07, 6.45) is -0.987. The Hall–Kier alpha value is -2.32. The quantitative estimate of drug-likeness (QED) is 0.559. The van der Waals surface area contributed by atoms with Crippen LogP contribution in [0.5, 0.6) is 0 Å². The Morgan fingerprint density at radius 2 is 1.84 bits per heavy atom. The van der Waals surface area contributed by atoms with Crippen LogP contribution in [0.2, 0.25) is 11.1 Å². The molecule has 1 amide bonds. The highest BCUT2D eigenvalue weighted by Gasteiger charge is 2.54. The summed E-state index contributed by atoms with van der Waals surface area (Å²) in [6.45, 7) is 0. The first-order valence-electron chi connectivity index (χ1n) is 10.4. The van der Waals surface area contributed by atoms with E-state index in [9.17, 15) is 27.2 Å². The molecule has 2 unspecified atom stereocenters. The number of aromatic nitrogens is 2. The summed E-state index contributed by atoms with van der Waals surface area (Å²) in [4.78, 5) is 31.3. The summed E-state index contributed by atoms with van der Waals surface area (Å²) in [6, 6.07) is 2.58. The fraction of sp³-hybridized carbons (Fsp3) is 0.571. The van der Waals surface area contributed by atoms with Crippen LogP contribution in [0.25, 0.3) is 10.9 Å². The Bertz CT molecular complexity index is 1130. The van der Waals surface area contributed by atoms with Gasteiger partial charge in [-0.25, -0.2) is 17.6 Å². The Labute approximate surface area is 184 Å². The lowest BCUT2D eigenvalue weighted by atomic mass is 9.40. The van der Waals surface area contributed by atoms with Crippen molar-refractivity contribution in [1.82, 2.24) is 9.97 Å². The molecule has 2 fully saturated rings. The normalized spacial score (nSPS) is 31.9. The van der Waals surface area contributed by atoms with Crippen LogP contribution in [-0.2, 0) is 0 Å². The first kappa shape index (κ1) is 22.9. The number of halogens is 4. The van der Waals surface area contributed by atoms with Crippen molar-refractivity contribution in [1.29, 1.82) is 0 Å². The van der Waals surface area contributed by atoms with Crippen molar-refractivity contribution in [2.45, 2.75) is 67.4 Å². The second-order valence-corrected chi connectivity index (χ2v) is 9.13. The van der Waals surface area contributed by atoms with Crippen LogP contribution in [0.3, 0.4) is 0 Å². The maximum absolute atomic E-state index is 14.5. The van der Waals surface area contributed by atoms with E-state index in [1.165, 1.54) is 12.3 Å². The molecule has 4 radical (unpaired) electrons. The number of carbonyl (C=O) groups is 1. The molecule has 32 heavy (non-hydrogen) atoms. The second-order valence-electron chi connectivity index (χ2n) is 9.13. The molecule has 4 rings (SSSR count). The summed E-state index contributed by atoms with van der Waals surface area (Å²) >= 11 is 0. The number of nitrogens with zero attached hydrogens (tertiary/aromatic N) is 1. The molecule has 0 aliphatic heterocycles. The van der Waals surface area contributed by atoms with Gasteiger partial charge in [0, 0.05) is 49.6 Å². The SMILES string of the molecule is [B]C1CC(F)(F)CCC1([B])[C@@H]1CCC(F)(F)C[C@H]1c1cc(=O)c2c(C(N)=O)nccc2[nH]1. The molecule has 0 spiro atoms. The van der Waals surface area contributed by atoms with E-state index < -0.39 is 71.8 Å². The van der Waals surface area contributed by atoms with Gasteiger partial charge in [0.2, 0.25) is 11.8 Å². The van der Waals surface area contributed by atoms with Crippen molar-refractivity contribution in [3.05, 3.63) is 39.9 Å². The summed E-state index contributed by atoms with van der Waals surface area (Å²) < 4.78 is 56.7. The zero-order chi connectivity index (χ0) is 23.5. The van der Waals surface area contributed by atoms with Crippen molar-refractivity contribution < 1.29 is 22.4 Å². The number of nitrogens with two attached hydrogens (primary N) is 1. The molecular formula is C21H21B2F4N3O2. The number of primary amides is 1. The van der Waals surface area contributed by atoms with Gasteiger partial charge >= 0.3 is 0 Å². The average molecular weight is 445 g/mol. The van der Waals surface area contributed by atoms with Crippen molar-refractivity contribution in [3.63, 3.8) is 0 Å². The van der Waals surface area contributed by atoms with E-state index in [1.807, 2.05) is 0 Å². The lowest BCUT2D eigenvalue weighted by Gasteiger charge is -2.53. The molecule has 0 aromatic carbocycles. The van der Waals surface area contributed by atoms with Gasteiger partial charge in [-0.1, -0.05) is 11.1 Å². The smallest absolute Gasteiger partial charge is 0.268 e. The molecule has 2 aliphatic rings. The number of rotatable bonds is 3. The number of pyridine rings is 2. The van der Waals surface area contributed by atoms with Gasteiger partial charge in [0.15, 0.2) is 5.43 Å². The average Bonchev–Trinajstić information content (AvgIpc) is 2.69. The van der Waals surface area contributed by atoms with Crippen molar-refractivity contribution >= 4 is 32.5 Å². The van der Waals surface area contributed by atoms with E-state index >= 15 is 0 Å². The number of aromatic amines is 1. The molecule has 2 aromatic rings. The number of hydrogen-bond donors (Lipinski definition) is 2. The number of carbonyl (C=O) groups excluding carboxylic acids is 1. The van der Waals surface area contributed by atoms with Crippen LogP contribution in [0.15, 0.2) is 23.1 Å². The third-order valence-corrected chi connectivity index (χ3v) is 7.04. The number of alkyl halides is 4. The Balaban J connectivity index is 1.81. The molecule has 11 heteroatoms. The molecule has 2 heterocycles. The van der Waals surface area contributed by atoms with Gasteiger partial charge in [0.05, 0.1) is 26.6 Å². The van der Waals surface area contributed by atoms with Crippen LogP contribution in [0.1, 0.15) is 60.6 Å². The summed E-state index contributed by atoms with van der Waals surface area (Å²) in [5, 5.41) is -1.33. The van der Waals surface area contributed by atoms with E-state index in [4.69, 9.17) is 21.4 Å². The minimum absolute atomic E-state index is 0.0175. The third kappa shape index (κ3) is 3.94. The molecule has 2 aromatic heterocycles. The largest absolute Gasteiger partial charge is 0.364 e. The highest BCUT2D eigenvalue weighted by molar-refractivity contribution is 6.24. The van der Waals surface area contributed by atoms with Crippen molar-refractivity contribution in [2.24, 2.45) is 11.7 Å². The molecule has 2 aliphatic carbocycles. The lowest BCUT2D eigenvalue weighted by Crippen LogP contribution is -2.44. The van der Waals surface area contributed by atoms with Crippen molar-refractivity contribution in [2.75, 3.05) is 0 Å². The van der Waals surface area contributed by atoms with Gasteiger partial charge in [0.1, 0.15) is 5.69 Å². The molecule has 0 saturated heterocycles. The lowest BCUT2D eigenvalue weighted by molar-refractivity contribution is -0.0798. The highest BCUT2D eigenvalue weighted by Crippen LogP contribution is 2.63. The molecule has 3 N–H and O–H groups in total. The van der Waals surface area contributed by atoms with E-state index in [0.29, 0.717) is 0 Å². The molecule has 166 valence electrons. The van der Waals surface area contributed by atoms with Gasteiger partial charge in [-0.3, -0.25) is 14.6 Å². The van der Waals surface area contributed by atoms with Crippen LogP contribution in [0.4, 0.5) is 17.6 Å². The van der Waals surface area contributed by atoms with Crippen molar-refractivity contribution in [3.8, 4) is 0 Å². The Kier molecular flexibility index (Phi) is 5.45. The van der Waals surface area contributed by atoms with Crippen LogP contribution in [-0.4, -0.2) is 43.4 Å². The van der Waals surface area contributed by atoms with Gasteiger partial charge in [0.25, 0.3) is 5.91 Å². The molecule has 0 bridgehead atoms. The topological polar surface area (TPSA) is 88.8 Å². The molecule has 4 atom stereocenters. The predicted octanol–water partition coefficient (Wildman–Crippen LogP) is 3.64. The first-order valence-corrected chi connectivity index (χ1v) is 10.4. The number of fused-ring (bicyclic) bond motifs is 1. The number of amides is 1. The van der Waals surface area contributed by atoms with Crippen LogP contribution in [0, 0.1) is 5.92 Å². The van der Waals surface area contributed by atoms with Gasteiger partial charge < -0.3 is 10.7 Å². The minimum Gasteiger partial charge on any atom is -0.364 e. The zero-order valence-electron chi connectivity index (χ0n) is 17.2.